The van der Waals surface area contributed by atoms with Gasteiger partial charge in [0.05, 0.1) is 31.4 Å². The Labute approximate surface area is 142 Å². The Bertz CT molecular complexity index is 755. The SMILES string of the molecule is C[C@@H]1C[C@@H](C)n2nccc2N1C(=O)C[C@@H]1OCCc2ccccc21. The van der Waals surface area contributed by atoms with Gasteiger partial charge in [-0.1, -0.05) is 24.3 Å². The lowest BCUT2D eigenvalue weighted by molar-refractivity contribution is -0.122. The number of nitrogens with zero attached hydrogens (tertiary/aromatic N) is 3. The minimum atomic E-state index is -0.148. The molecule has 126 valence electrons. The van der Waals surface area contributed by atoms with Gasteiger partial charge in [-0.05, 0) is 37.8 Å². The average molecular weight is 325 g/mol. The van der Waals surface area contributed by atoms with Crippen molar-refractivity contribution < 1.29 is 9.53 Å². The second-order valence-corrected chi connectivity index (χ2v) is 6.84. The van der Waals surface area contributed by atoms with Crippen LogP contribution in [-0.4, -0.2) is 28.3 Å². The minimum Gasteiger partial charge on any atom is -0.373 e. The predicted molar refractivity (Wildman–Crippen MR) is 92.0 cm³/mol. The third-order valence-electron chi connectivity index (χ3n) is 5.16. The summed E-state index contributed by atoms with van der Waals surface area (Å²) in [5, 5.41) is 4.38. The Balaban J connectivity index is 1.59. The van der Waals surface area contributed by atoms with E-state index in [9.17, 15) is 4.79 Å². The molecule has 3 heterocycles. The van der Waals surface area contributed by atoms with Gasteiger partial charge in [-0.15, -0.1) is 0 Å². The van der Waals surface area contributed by atoms with Gasteiger partial charge in [0.1, 0.15) is 5.82 Å². The number of fused-ring (bicyclic) bond motifs is 2. The van der Waals surface area contributed by atoms with E-state index >= 15 is 0 Å². The summed E-state index contributed by atoms with van der Waals surface area (Å²) in [5.74, 6) is 1.01. The number of hydrogen-bond donors (Lipinski definition) is 0. The van der Waals surface area contributed by atoms with Crippen LogP contribution in [0.5, 0.6) is 0 Å². The molecule has 0 fully saturated rings. The topological polar surface area (TPSA) is 47.4 Å². The van der Waals surface area contributed by atoms with Crippen molar-refractivity contribution in [3.05, 3.63) is 47.7 Å². The number of hydrogen-bond acceptors (Lipinski definition) is 3. The molecule has 5 heteroatoms. The summed E-state index contributed by atoms with van der Waals surface area (Å²) >= 11 is 0. The average Bonchev–Trinajstić information content (AvgIpc) is 3.05. The highest BCUT2D eigenvalue weighted by Crippen LogP contribution is 2.35. The zero-order valence-corrected chi connectivity index (χ0v) is 14.2. The highest BCUT2D eigenvalue weighted by Gasteiger charge is 2.34. The molecule has 1 amide bonds. The van der Waals surface area contributed by atoms with Gasteiger partial charge in [0.15, 0.2) is 0 Å². The van der Waals surface area contributed by atoms with E-state index in [0.29, 0.717) is 19.1 Å². The van der Waals surface area contributed by atoms with Crippen molar-refractivity contribution in [1.29, 1.82) is 0 Å². The molecule has 4 rings (SSSR count). The maximum absolute atomic E-state index is 13.1. The van der Waals surface area contributed by atoms with E-state index in [4.69, 9.17) is 4.74 Å². The van der Waals surface area contributed by atoms with Crippen molar-refractivity contribution in [3.63, 3.8) is 0 Å². The Hall–Kier alpha value is -2.14. The number of ether oxygens (including phenoxy) is 1. The molecular weight excluding hydrogens is 302 g/mol. The van der Waals surface area contributed by atoms with Crippen LogP contribution in [-0.2, 0) is 16.0 Å². The lowest BCUT2D eigenvalue weighted by atomic mass is 9.95. The molecule has 2 aliphatic rings. The normalized spacial score (nSPS) is 25.9. The number of amides is 1. The van der Waals surface area contributed by atoms with Crippen molar-refractivity contribution in [1.82, 2.24) is 9.78 Å². The van der Waals surface area contributed by atoms with Crippen molar-refractivity contribution in [2.75, 3.05) is 11.5 Å². The summed E-state index contributed by atoms with van der Waals surface area (Å²) in [4.78, 5) is 15.0. The maximum Gasteiger partial charge on any atom is 0.231 e. The molecule has 0 aliphatic carbocycles. The monoisotopic (exact) mass is 325 g/mol. The molecule has 2 aromatic rings. The van der Waals surface area contributed by atoms with E-state index in [1.54, 1.807) is 6.20 Å². The number of rotatable bonds is 2. The van der Waals surface area contributed by atoms with Crippen molar-refractivity contribution in [2.45, 2.75) is 51.3 Å². The first-order chi connectivity index (χ1) is 11.6. The number of carbonyl (C=O) groups is 1. The first-order valence-electron chi connectivity index (χ1n) is 8.70. The van der Waals surface area contributed by atoms with E-state index < -0.39 is 0 Å². The fraction of sp³-hybridized carbons (Fsp3) is 0.474. The van der Waals surface area contributed by atoms with Crippen LogP contribution in [0, 0.1) is 0 Å². The smallest absolute Gasteiger partial charge is 0.231 e. The molecule has 0 saturated carbocycles. The van der Waals surface area contributed by atoms with E-state index in [0.717, 1.165) is 24.2 Å². The third-order valence-corrected chi connectivity index (χ3v) is 5.16. The molecule has 0 unspecified atom stereocenters. The minimum absolute atomic E-state index is 0.109. The molecule has 0 saturated heterocycles. The predicted octanol–water partition coefficient (Wildman–Crippen LogP) is 3.27. The quantitative estimate of drug-likeness (QED) is 0.851. The lowest BCUT2D eigenvalue weighted by Gasteiger charge is -2.38. The molecule has 5 nitrogen and oxygen atoms in total. The van der Waals surface area contributed by atoms with Gasteiger partial charge >= 0.3 is 0 Å². The lowest BCUT2D eigenvalue weighted by Crippen LogP contribution is -2.45. The summed E-state index contributed by atoms with van der Waals surface area (Å²) in [5.41, 5.74) is 2.45. The van der Waals surface area contributed by atoms with Gasteiger partial charge in [-0.25, -0.2) is 4.68 Å². The second-order valence-electron chi connectivity index (χ2n) is 6.84. The van der Waals surface area contributed by atoms with Gasteiger partial charge in [0.2, 0.25) is 5.91 Å². The van der Waals surface area contributed by atoms with Crippen LogP contribution in [0.3, 0.4) is 0 Å². The molecule has 3 atom stereocenters. The summed E-state index contributed by atoms with van der Waals surface area (Å²) < 4.78 is 7.87. The van der Waals surface area contributed by atoms with Crippen LogP contribution in [0.4, 0.5) is 5.82 Å². The van der Waals surface area contributed by atoms with Crippen LogP contribution in [0.2, 0.25) is 0 Å². The van der Waals surface area contributed by atoms with Crippen molar-refractivity contribution in [2.24, 2.45) is 0 Å². The van der Waals surface area contributed by atoms with Crippen molar-refractivity contribution in [3.8, 4) is 0 Å². The Kier molecular flexibility index (Phi) is 3.88. The second kappa shape index (κ2) is 6.06. The molecule has 1 aromatic heterocycles. The highest BCUT2D eigenvalue weighted by atomic mass is 16.5. The molecule has 0 N–H and O–H groups in total. The maximum atomic E-state index is 13.1. The number of anilines is 1. The Morgan fingerprint density at radius 2 is 2.08 bits per heavy atom. The number of benzene rings is 1. The standard InChI is InChI=1S/C19H23N3O2/c1-13-11-14(2)22-18(7-9-20-22)21(13)19(23)12-17-16-6-4-3-5-15(16)8-10-24-17/h3-7,9,13-14,17H,8,10-12H2,1-2H3/t13-,14-,17+/m1/s1. The summed E-state index contributed by atoms with van der Waals surface area (Å²) in [7, 11) is 0. The van der Waals surface area contributed by atoms with Gasteiger partial charge in [-0.3, -0.25) is 9.69 Å². The van der Waals surface area contributed by atoms with Gasteiger partial charge < -0.3 is 4.74 Å². The molecule has 2 aliphatic heterocycles. The zero-order valence-electron chi connectivity index (χ0n) is 14.2. The third kappa shape index (κ3) is 2.53. The van der Waals surface area contributed by atoms with Crippen LogP contribution < -0.4 is 4.90 Å². The molecule has 1 aromatic carbocycles. The van der Waals surface area contributed by atoms with E-state index in [1.807, 2.05) is 21.7 Å². The summed E-state index contributed by atoms with van der Waals surface area (Å²) in [6, 6.07) is 10.7. The van der Waals surface area contributed by atoms with Crippen LogP contribution in [0.25, 0.3) is 0 Å². The zero-order chi connectivity index (χ0) is 16.7. The Morgan fingerprint density at radius 3 is 2.96 bits per heavy atom. The van der Waals surface area contributed by atoms with E-state index in [1.165, 1.54) is 5.56 Å². The van der Waals surface area contributed by atoms with E-state index in [-0.39, 0.29) is 18.1 Å². The number of carbonyl (C=O) groups excluding carboxylic acids is 1. The first kappa shape index (κ1) is 15.4. The largest absolute Gasteiger partial charge is 0.373 e. The Morgan fingerprint density at radius 1 is 1.25 bits per heavy atom. The van der Waals surface area contributed by atoms with Gasteiger partial charge in [0, 0.05) is 12.1 Å². The molecule has 0 radical (unpaired) electrons. The van der Waals surface area contributed by atoms with Crippen LogP contribution in [0.1, 0.15) is 50.0 Å². The van der Waals surface area contributed by atoms with E-state index in [2.05, 4.69) is 37.1 Å². The first-order valence-corrected chi connectivity index (χ1v) is 8.70. The summed E-state index contributed by atoms with van der Waals surface area (Å²) in [6.07, 6.45) is 3.84. The van der Waals surface area contributed by atoms with Crippen LogP contribution in [0.15, 0.2) is 36.5 Å². The van der Waals surface area contributed by atoms with Gasteiger partial charge in [0.25, 0.3) is 0 Å². The van der Waals surface area contributed by atoms with Gasteiger partial charge in [-0.2, -0.15) is 5.10 Å². The fourth-order valence-corrected chi connectivity index (χ4v) is 4.04. The molecule has 0 spiro atoms. The highest BCUT2D eigenvalue weighted by molar-refractivity contribution is 5.93. The molecular formula is C19H23N3O2. The fourth-order valence-electron chi connectivity index (χ4n) is 4.04. The molecule has 24 heavy (non-hydrogen) atoms. The van der Waals surface area contributed by atoms with Crippen molar-refractivity contribution >= 4 is 11.7 Å². The summed E-state index contributed by atoms with van der Waals surface area (Å²) in [6.45, 7) is 4.94. The van der Waals surface area contributed by atoms with Crippen LogP contribution >= 0.6 is 0 Å². The number of aromatic nitrogens is 2. The molecule has 0 bridgehead atoms.